The van der Waals surface area contributed by atoms with Crippen molar-refractivity contribution >= 4 is 17.3 Å². The predicted octanol–water partition coefficient (Wildman–Crippen LogP) is 2.13. The van der Waals surface area contributed by atoms with Crippen LogP contribution in [0.5, 0.6) is 0 Å². The number of benzene rings is 1. The fourth-order valence-corrected chi connectivity index (χ4v) is 3.05. The highest BCUT2D eigenvalue weighted by molar-refractivity contribution is 5.98. The zero-order chi connectivity index (χ0) is 16.9. The second-order valence-electron chi connectivity index (χ2n) is 5.85. The lowest BCUT2D eigenvalue weighted by Crippen LogP contribution is -2.43. The third kappa shape index (κ3) is 3.46. The van der Waals surface area contributed by atoms with E-state index in [0.717, 1.165) is 37.3 Å². The second-order valence-corrected chi connectivity index (χ2v) is 5.85. The molecule has 6 heteroatoms. The summed E-state index contributed by atoms with van der Waals surface area (Å²) in [5.74, 6) is -0.406. The van der Waals surface area contributed by atoms with Crippen LogP contribution in [0.2, 0.25) is 0 Å². The fraction of sp³-hybridized carbons (Fsp3) is 0.278. The molecule has 1 aromatic heterocycles. The average molecular weight is 321 g/mol. The Hall–Kier alpha value is -3.07. The normalized spacial score (nSPS) is 17.1. The number of hydrogen-bond donors (Lipinski definition) is 2. The number of primary amides is 1. The van der Waals surface area contributed by atoms with Gasteiger partial charge < -0.3 is 16.0 Å². The van der Waals surface area contributed by atoms with E-state index in [1.807, 2.05) is 30.3 Å². The lowest BCUT2D eigenvalue weighted by molar-refractivity contribution is 0.100. The Morgan fingerprint density at radius 1 is 1.33 bits per heavy atom. The number of nitrogens with two attached hydrogens (primary N) is 1. The van der Waals surface area contributed by atoms with Gasteiger partial charge in [0.2, 0.25) is 0 Å². The van der Waals surface area contributed by atoms with Crippen molar-refractivity contribution in [1.29, 1.82) is 5.26 Å². The van der Waals surface area contributed by atoms with Gasteiger partial charge in [-0.3, -0.25) is 4.79 Å². The molecule has 1 saturated heterocycles. The van der Waals surface area contributed by atoms with Crippen LogP contribution >= 0.6 is 0 Å². The molecule has 0 saturated carbocycles. The van der Waals surface area contributed by atoms with Crippen molar-refractivity contribution in [3.63, 3.8) is 0 Å². The first-order valence-corrected chi connectivity index (χ1v) is 7.94. The minimum Gasteiger partial charge on any atom is -0.379 e. The van der Waals surface area contributed by atoms with Gasteiger partial charge in [-0.1, -0.05) is 12.1 Å². The molecule has 0 bridgehead atoms. The van der Waals surface area contributed by atoms with Crippen molar-refractivity contribution in [2.45, 2.75) is 18.9 Å². The average Bonchev–Trinajstić information content (AvgIpc) is 2.62. The number of amides is 1. The van der Waals surface area contributed by atoms with E-state index in [-0.39, 0.29) is 6.04 Å². The number of anilines is 2. The van der Waals surface area contributed by atoms with Crippen LogP contribution in [0.4, 0.5) is 11.4 Å². The van der Waals surface area contributed by atoms with Crippen LogP contribution in [-0.4, -0.2) is 30.0 Å². The van der Waals surface area contributed by atoms with Crippen LogP contribution in [-0.2, 0) is 0 Å². The van der Waals surface area contributed by atoms with E-state index in [4.69, 9.17) is 11.0 Å². The van der Waals surface area contributed by atoms with Gasteiger partial charge in [0.15, 0.2) is 0 Å². The smallest absolute Gasteiger partial charge is 0.250 e. The monoisotopic (exact) mass is 321 g/mol. The predicted molar refractivity (Wildman–Crippen MR) is 92.8 cm³/mol. The van der Waals surface area contributed by atoms with E-state index in [2.05, 4.69) is 15.2 Å². The highest BCUT2D eigenvalue weighted by Crippen LogP contribution is 2.25. The number of aromatic nitrogens is 1. The lowest BCUT2D eigenvalue weighted by Gasteiger charge is -2.36. The van der Waals surface area contributed by atoms with Crippen molar-refractivity contribution in [2.24, 2.45) is 5.73 Å². The first-order valence-electron chi connectivity index (χ1n) is 7.94. The van der Waals surface area contributed by atoms with Crippen LogP contribution in [0.1, 0.15) is 28.9 Å². The van der Waals surface area contributed by atoms with Gasteiger partial charge in [0.1, 0.15) is 11.8 Å². The highest BCUT2D eigenvalue weighted by atomic mass is 16.1. The van der Waals surface area contributed by atoms with E-state index in [1.54, 1.807) is 18.3 Å². The molecule has 3 N–H and O–H groups in total. The van der Waals surface area contributed by atoms with Gasteiger partial charge in [-0.2, -0.15) is 5.26 Å². The third-order valence-electron chi connectivity index (χ3n) is 4.18. The third-order valence-corrected chi connectivity index (χ3v) is 4.18. The molecule has 122 valence electrons. The molecule has 1 aliphatic rings. The number of hydrogen-bond acceptors (Lipinski definition) is 5. The molecule has 2 aromatic rings. The number of carbonyl (C=O) groups is 1. The number of pyridine rings is 1. The maximum atomic E-state index is 11.6. The van der Waals surface area contributed by atoms with Gasteiger partial charge in [0.25, 0.3) is 5.91 Å². The van der Waals surface area contributed by atoms with Gasteiger partial charge in [-0.15, -0.1) is 0 Å². The van der Waals surface area contributed by atoms with Crippen LogP contribution in [0.15, 0.2) is 42.6 Å². The maximum absolute atomic E-state index is 11.6. The molecule has 1 fully saturated rings. The van der Waals surface area contributed by atoms with Gasteiger partial charge in [0.05, 0.1) is 17.4 Å². The van der Waals surface area contributed by atoms with Crippen molar-refractivity contribution in [3.8, 4) is 6.07 Å². The van der Waals surface area contributed by atoms with Crippen LogP contribution in [0.3, 0.4) is 0 Å². The zero-order valence-electron chi connectivity index (χ0n) is 13.3. The Labute approximate surface area is 140 Å². The molecule has 1 atom stereocenters. The molecule has 24 heavy (non-hydrogen) atoms. The Morgan fingerprint density at radius 3 is 2.88 bits per heavy atom. The molecule has 3 rings (SSSR count). The molecule has 1 unspecified atom stereocenters. The van der Waals surface area contributed by atoms with Crippen molar-refractivity contribution in [2.75, 3.05) is 23.3 Å². The van der Waals surface area contributed by atoms with Crippen molar-refractivity contribution in [1.82, 2.24) is 4.98 Å². The minimum absolute atomic E-state index is 0.245. The fourth-order valence-electron chi connectivity index (χ4n) is 3.05. The van der Waals surface area contributed by atoms with E-state index < -0.39 is 5.91 Å². The number of nitriles is 1. The summed E-state index contributed by atoms with van der Waals surface area (Å²) in [6, 6.07) is 13.3. The van der Waals surface area contributed by atoms with Crippen molar-refractivity contribution in [3.05, 3.63) is 53.9 Å². The molecule has 2 heterocycles. The Balaban J connectivity index is 1.72. The summed E-state index contributed by atoms with van der Waals surface area (Å²) in [7, 11) is 0. The standard InChI is InChI=1S/C18H19N5O/c19-10-13-7-8-14(11-21-13)22-15-4-3-9-23(12-15)17-6-2-1-5-16(17)18(20)24/h1-2,5-8,11,15,22H,3-4,9,12H2,(H2,20,24). The summed E-state index contributed by atoms with van der Waals surface area (Å²) in [6.45, 7) is 1.68. The number of nitrogens with zero attached hydrogens (tertiary/aromatic N) is 3. The first kappa shape index (κ1) is 15.8. The topological polar surface area (TPSA) is 95.0 Å². The van der Waals surface area contributed by atoms with Gasteiger partial charge in [-0.05, 0) is 37.1 Å². The summed E-state index contributed by atoms with van der Waals surface area (Å²) >= 11 is 0. The van der Waals surface area contributed by atoms with Gasteiger partial charge in [0, 0.05) is 24.8 Å². The Morgan fingerprint density at radius 2 is 2.17 bits per heavy atom. The van der Waals surface area contributed by atoms with E-state index in [0.29, 0.717) is 11.3 Å². The van der Waals surface area contributed by atoms with E-state index in [9.17, 15) is 4.79 Å². The minimum atomic E-state index is -0.406. The summed E-state index contributed by atoms with van der Waals surface area (Å²) in [5.41, 5.74) is 8.23. The van der Waals surface area contributed by atoms with Crippen LogP contribution in [0, 0.1) is 11.3 Å². The Kier molecular flexibility index (Phi) is 4.62. The molecular formula is C18H19N5O. The lowest BCUT2D eigenvalue weighted by atomic mass is 10.0. The first-order chi connectivity index (χ1) is 11.7. The summed E-state index contributed by atoms with van der Waals surface area (Å²) in [4.78, 5) is 17.9. The van der Waals surface area contributed by atoms with Crippen molar-refractivity contribution < 1.29 is 4.79 Å². The van der Waals surface area contributed by atoms with Gasteiger partial charge >= 0.3 is 0 Å². The molecule has 1 amide bonds. The summed E-state index contributed by atoms with van der Waals surface area (Å²) < 4.78 is 0. The molecule has 0 aliphatic carbocycles. The molecule has 1 aromatic carbocycles. The molecule has 0 spiro atoms. The molecule has 0 radical (unpaired) electrons. The maximum Gasteiger partial charge on any atom is 0.250 e. The number of rotatable bonds is 4. The second kappa shape index (κ2) is 7.01. The largest absolute Gasteiger partial charge is 0.379 e. The highest BCUT2D eigenvalue weighted by Gasteiger charge is 2.22. The summed E-state index contributed by atoms with van der Waals surface area (Å²) in [5, 5.41) is 12.3. The summed E-state index contributed by atoms with van der Waals surface area (Å²) in [6.07, 6.45) is 3.73. The molecular weight excluding hydrogens is 302 g/mol. The number of carbonyl (C=O) groups excluding carboxylic acids is 1. The van der Waals surface area contributed by atoms with E-state index in [1.165, 1.54) is 0 Å². The number of para-hydroxylation sites is 1. The number of piperidine rings is 1. The molecule has 6 nitrogen and oxygen atoms in total. The zero-order valence-corrected chi connectivity index (χ0v) is 13.3. The molecule has 1 aliphatic heterocycles. The van der Waals surface area contributed by atoms with Crippen LogP contribution < -0.4 is 16.0 Å². The SMILES string of the molecule is N#Cc1ccc(NC2CCCN(c3ccccc3C(N)=O)C2)cn1. The van der Waals surface area contributed by atoms with Crippen LogP contribution in [0.25, 0.3) is 0 Å². The van der Waals surface area contributed by atoms with Gasteiger partial charge in [-0.25, -0.2) is 4.98 Å². The van der Waals surface area contributed by atoms with E-state index >= 15 is 0 Å². The Bertz CT molecular complexity index is 766. The quantitative estimate of drug-likeness (QED) is 0.899. The number of nitrogens with one attached hydrogen (secondary N) is 1.